The zero-order valence-electron chi connectivity index (χ0n) is 27.1. The Balaban J connectivity index is 1.42. The first-order chi connectivity index (χ1) is 23.4. The molecule has 0 aliphatic carbocycles. The molecule has 0 saturated carbocycles. The van der Waals surface area contributed by atoms with Crippen LogP contribution in [0, 0.1) is 0 Å². The van der Waals surface area contributed by atoms with Gasteiger partial charge < -0.3 is 23.5 Å². The van der Waals surface area contributed by atoms with Crippen molar-refractivity contribution in [2.45, 2.75) is 33.4 Å². The van der Waals surface area contributed by atoms with Gasteiger partial charge in [-0.05, 0) is 68.3 Å². The molecule has 2 aromatic heterocycles. The van der Waals surface area contributed by atoms with Gasteiger partial charge in [0.25, 0.3) is 5.56 Å². The third-order valence-corrected chi connectivity index (χ3v) is 8.93. The first-order valence-corrected chi connectivity index (χ1v) is 16.5. The number of benzene rings is 3. The third-order valence-electron chi connectivity index (χ3n) is 7.93. The van der Waals surface area contributed by atoms with Crippen molar-refractivity contribution in [2.24, 2.45) is 4.99 Å². The van der Waals surface area contributed by atoms with Gasteiger partial charge in [-0.2, -0.15) is 0 Å². The minimum atomic E-state index is -0.787. The summed E-state index contributed by atoms with van der Waals surface area (Å²) in [4.78, 5) is 44.3. The number of hydrogen-bond donors (Lipinski definition) is 0. The molecule has 0 bridgehead atoms. The Morgan fingerprint density at radius 3 is 2.40 bits per heavy atom. The lowest BCUT2D eigenvalue weighted by atomic mass is 9.97. The van der Waals surface area contributed by atoms with E-state index in [2.05, 4.69) is 9.56 Å². The molecule has 0 radical (unpaired) electrons. The molecule has 0 N–H and O–H groups in total. The molecule has 48 heavy (non-hydrogen) atoms. The zero-order valence-corrected chi connectivity index (χ0v) is 27.9. The highest BCUT2D eigenvalue weighted by molar-refractivity contribution is 7.07. The lowest BCUT2D eigenvalue weighted by Crippen LogP contribution is -2.39. The van der Waals surface area contributed by atoms with Crippen molar-refractivity contribution in [3.05, 3.63) is 127 Å². The van der Waals surface area contributed by atoms with E-state index in [0.29, 0.717) is 58.3 Å². The van der Waals surface area contributed by atoms with Crippen molar-refractivity contribution in [3.8, 4) is 11.5 Å². The number of esters is 2. The van der Waals surface area contributed by atoms with Crippen LogP contribution in [0.1, 0.15) is 53.9 Å². The van der Waals surface area contributed by atoms with Crippen molar-refractivity contribution >= 4 is 40.3 Å². The molecule has 0 fully saturated rings. The molecular formula is C37H35N3O7S. The van der Waals surface area contributed by atoms with Crippen molar-refractivity contribution < 1.29 is 28.5 Å². The number of carbonyl (C=O) groups excluding carboxylic acids is 2. The van der Waals surface area contributed by atoms with Gasteiger partial charge >= 0.3 is 11.9 Å². The van der Waals surface area contributed by atoms with E-state index in [0.717, 1.165) is 22.0 Å². The average Bonchev–Trinajstić information content (AvgIpc) is 3.61. The second-order valence-electron chi connectivity index (χ2n) is 10.9. The Labute approximate surface area is 280 Å². The quantitative estimate of drug-likeness (QED) is 0.183. The molecule has 1 aliphatic heterocycles. The van der Waals surface area contributed by atoms with Crippen molar-refractivity contribution in [3.63, 3.8) is 0 Å². The number of nitrogens with zero attached hydrogens (tertiary/aromatic N) is 3. The van der Waals surface area contributed by atoms with E-state index >= 15 is 0 Å². The molecule has 6 rings (SSSR count). The van der Waals surface area contributed by atoms with E-state index in [-0.39, 0.29) is 17.1 Å². The van der Waals surface area contributed by atoms with Crippen LogP contribution < -0.4 is 24.4 Å². The highest BCUT2D eigenvalue weighted by Gasteiger charge is 2.31. The van der Waals surface area contributed by atoms with Crippen LogP contribution in [0.4, 0.5) is 0 Å². The number of fused-ring (bicyclic) bond motifs is 2. The summed E-state index contributed by atoms with van der Waals surface area (Å²) < 4.78 is 25.9. The number of rotatable bonds is 11. The second-order valence-corrected chi connectivity index (χ2v) is 11.9. The van der Waals surface area contributed by atoms with E-state index in [4.69, 9.17) is 18.9 Å². The van der Waals surface area contributed by atoms with E-state index in [9.17, 15) is 14.4 Å². The molecule has 1 atom stereocenters. The smallest absolute Gasteiger partial charge is 0.338 e. The van der Waals surface area contributed by atoms with E-state index < -0.39 is 12.0 Å². The van der Waals surface area contributed by atoms with Gasteiger partial charge in [0, 0.05) is 35.4 Å². The molecule has 3 heterocycles. The first-order valence-electron chi connectivity index (χ1n) is 15.7. The Kier molecular flexibility index (Phi) is 9.58. The molecule has 0 spiro atoms. The number of methoxy groups -OCH3 is 1. The number of ether oxygens (including phenoxy) is 4. The van der Waals surface area contributed by atoms with Gasteiger partial charge in [0.05, 0.1) is 48.6 Å². The second kappa shape index (κ2) is 14.1. The van der Waals surface area contributed by atoms with Crippen LogP contribution in [-0.4, -0.2) is 48.0 Å². The van der Waals surface area contributed by atoms with Gasteiger partial charge in [-0.3, -0.25) is 9.36 Å². The highest BCUT2D eigenvalue weighted by atomic mass is 32.1. The van der Waals surface area contributed by atoms with Crippen molar-refractivity contribution in [1.82, 2.24) is 9.13 Å². The molecular weight excluding hydrogens is 630 g/mol. The summed E-state index contributed by atoms with van der Waals surface area (Å²) in [6.45, 7) is 7.30. The van der Waals surface area contributed by atoms with Crippen LogP contribution in [0.3, 0.4) is 0 Å². The van der Waals surface area contributed by atoms with Gasteiger partial charge in [-0.15, -0.1) is 0 Å². The zero-order chi connectivity index (χ0) is 33.8. The van der Waals surface area contributed by atoms with Gasteiger partial charge in [-0.25, -0.2) is 14.6 Å². The summed E-state index contributed by atoms with van der Waals surface area (Å²) in [6.07, 6.45) is 5.36. The summed E-state index contributed by atoms with van der Waals surface area (Å²) in [7, 11) is 1.31. The minimum absolute atomic E-state index is 0.230. The number of para-hydroxylation sites is 1. The van der Waals surface area contributed by atoms with E-state index in [1.807, 2.05) is 68.6 Å². The molecule has 0 saturated heterocycles. The van der Waals surface area contributed by atoms with Crippen LogP contribution in [0.2, 0.25) is 0 Å². The minimum Gasteiger partial charge on any atom is -0.490 e. The number of thiazole rings is 1. The van der Waals surface area contributed by atoms with Crippen molar-refractivity contribution in [1.29, 1.82) is 0 Å². The molecule has 5 aromatic rings. The van der Waals surface area contributed by atoms with Crippen LogP contribution in [0.15, 0.2) is 94.5 Å². The predicted octanol–water partition coefficient (Wildman–Crippen LogP) is 5.00. The van der Waals surface area contributed by atoms with Crippen LogP contribution >= 0.6 is 11.3 Å². The Hall–Kier alpha value is -5.42. The fourth-order valence-electron chi connectivity index (χ4n) is 5.81. The van der Waals surface area contributed by atoms with Gasteiger partial charge in [-0.1, -0.05) is 47.7 Å². The van der Waals surface area contributed by atoms with E-state index in [1.165, 1.54) is 24.6 Å². The molecule has 3 aromatic carbocycles. The SMILES string of the molecule is CCOC(=O)c1ccc(Cn2cc(/C=c3/sc4n(c3=O)[C@@H](c3ccc(OCC)c(OCC)c3)C(C(=O)OC)=CN=4)c3ccccc32)cc1. The molecule has 10 nitrogen and oxygen atoms in total. The fraction of sp³-hybridized carbons (Fsp3) is 0.243. The van der Waals surface area contributed by atoms with Crippen LogP contribution in [0.5, 0.6) is 11.5 Å². The monoisotopic (exact) mass is 665 g/mol. The van der Waals surface area contributed by atoms with Gasteiger partial charge in [0.15, 0.2) is 16.3 Å². The first kappa shape index (κ1) is 32.5. The van der Waals surface area contributed by atoms with Gasteiger partial charge in [0.2, 0.25) is 0 Å². The van der Waals surface area contributed by atoms with Crippen LogP contribution in [0.25, 0.3) is 17.0 Å². The lowest BCUT2D eigenvalue weighted by molar-refractivity contribution is -0.136. The fourth-order valence-corrected chi connectivity index (χ4v) is 6.77. The number of carbonyl (C=O) groups is 2. The van der Waals surface area contributed by atoms with Gasteiger partial charge in [0.1, 0.15) is 0 Å². The maximum absolute atomic E-state index is 14.2. The lowest BCUT2D eigenvalue weighted by Gasteiger charge is -2.23. The average molecular weight is 666 g/mol. The topological polar surface area (TPSA) is 110 Å². The Bertz CT molecular complexity index is 2210. The summed E-state index contributed by atoms with van der Waals surface area (Å²) >= 11 is 1.25. The number of hydrogen-bond acceptors (Lipinski definition) is 9. The van der Waals surface area contributed by atoms with Crippen molar-refractivity contribution in [2.75, 3.05) is 26.9 Å². The highest BCUT2D eigenvalue weighted by Crippen LogP contribution is 2.35. The van der Waals surface area contributed by atoms with E-state index in [1.54, 1.807) is 35.8 Å². The Morgan fingerprint density at radius 1 is 0.917 bits per heavy atom. The number of aromatic nitrogens is 2. The third kappa shape index (κ3) is 6.28. The summed E-state index contributed by atoms with van der Waals surface area (Å²) in [5.41, 5.74) is 3.97. The molecule has 0 unspecified atom stereocenters. The predicted molar refractivity (Wildman–Crippen MR) is 183 cm³/mol. The normalized spacial score (nSPS) is 14.2. The maximum atomic E-state index is 14.2. The molecule has 246 valence electrons. The summed E-state index contributed by atoms with van der Waals surface area (Å²) in [5.74, 6) is 0.162. The summed E-state index contributed by atoms with van der Waals surface area (Å²) in [6, 6.07) is 20.0. The maximum Gasteiger partial charge on any atom is 0.338 e. The molecule has 1 aliphatic rings. The molecule has 11 heteroatoms. The largest absolute Gasteiger partial charge is 0.490 e. The standard InChI is InChI=1S/C37H35N3O7S/c1-5-45-30-17-16-25(18-31(30)46-6-2)33-28(36(43)44-4)20-38-37-40(33)34(41)32(48-37)19-26-22-39(29-11-9-8-10-27(26)29)21-23-12-14-24(15-13-23)35(42)47-7-3/h8-20,22,33H,5-7,21H2,1-4H3/b32-19+/t33-/m0/s1. The van der Waals surface area contributed by atoms with Crippen LogP contribution in [-0.2, 0) is 20.8 Å². The summed E-state index contributed by atoms with van der Waals surface area (Å²) in [5, 5.41) is 0.978. The Morgan fingerprint density at radius 2 is 1.67 bits per heavy atom. The molecule has 0 amide bonds.